The predicted octanol–water partition coefficient (Wildman–Crippen LogP) is 3.33. The third-order valence-corrected chi connectivity index (χ3v) is 3.58. The number of ether oxygens (including phenoxy) is 2. The summed E-state index contributed by atoms with van der Waals surface area (Å²) in [5.74, 6) is 1.21. The Morgan fingerprint density at radius 1 is 1.30 bits per heavy atom. The van der Waals surface area contributed by atoms with Crippen molar-refractivity contribution in [3.63, 3.8) is 0 Å². The first-order valence-corrected chi connectivity index (χ1v) is 7.12. The van der Waals surface area contributed by atoms with E-state index in [1.807, 2.05) is 6.20 Å². The largest absolute Gasteiger partial charge is 0.476 e. The summed E-state index contributed by atoms with van der Waals surface area (Å²) in [7, 11) is 1.72. The summed E-state index contributed by atoms with van der Waals surface area (Å²) in [6.07, 6.45) is 1.82. The van der Waals surface area contributed by atoms with Crippen LogP contribution in [0.1, 0.15) is 25.1 Å². The molecular formula is C16H24N2O2. The van der Waals surface area contributed by atoms with Gasteiger partial charge < -0.3 is 14.0 Å². The quantitative estimate of drug-likeness (QED) is 0.812. The van der Waals surface area contributed by atoms with Crippen LogP contribution in [0.15, 0.2) is 12.3 Å². The maximum atomic E-state index is 5.90. The first kappa shape index (κ1) is 14.9. The molecule has 0 aliphatic carbocycles. The van der Waals surface area contributed by atoms with Crippen LogP contribution in [0.4, 0.5) is 0 Å². The molecule has 0 radical (unpaired) electrons. The van der Waals surface area contributed by atoms with Gasteiger partial charge in [0.25, 0.3) is 0 Å². The minimum Gasteiger partial charge on any atom is -0.476 e. The lowest BCUT2D eigenvalue weighted by Crippen LogP contribution is -2.09. The maximum Gasteiger partial charge on any atom is 0.238 e. The highest BCUT2D eigenvalue weighted by molar-refractivity contribution is 5.88. The van der Waals surface area contributed by atoms with E-state index in [1.165, 1.54) is 16.6 Å². The van der Waals surface area contributed by atoms with E-state index in [1.54, 1.807) is 7.11 Å². The van der Waals surface area contributed by atoms with E-state index in [2.05, 4.69) is 43.3 Å². The normalized spacial score (nSPS) is 11.5. The topological polar surface area (TPSA) is 36.3 Å². The molecule has 2 aromatic heterocycles. The van der Waals surface area contributed by atoms with Gasteiger partial charge in [-0.25, -0.2) is 4.98 Å². The molecule has 0 saturated carbocycles. The van der Waals surface area contributed by atoms with Crippen LogP contribution in [0.2, 0.25) is 0 Å². The second-order valence-electron chi connectivity index (χ2n) is 5.57. The van der Waals surface area contributed by atoms with E-state index >= 15 is 0 Å². The molecule has 0 unspecified atom stereocenters. The highest BCUT2D eigenvalue weighted by Gasteiger charge is 2.16. The number of fused-ring (bicyclic) bond motifs is 1. The fourth-order valence-corrected chi connectivity index (χ4v) is 2.38. The lowest BCUT2D eigenvalue weighted by molar-refractivity contribution is 0.187. The number of nitrogens with zero attached hydrogens (tertiary/aromatic N) is 2. The number of methoxy groups -OCH3 is 1. The van der Waals surface area contributed by atoms with Gasteiger partial charge in [-0.15, -0.1) is 0 Å². The van der Waals surface area contributed by atoms with Crippen molar-refractivity contribution in [1.29, 1.82) is 0 Å². The Labute approximate surface area is 120 Å². The molecule has 0 fully saturated rings. The molecule has 110 valence electrons. The summed E-state index contributed by atoms with van der Waals surface area (Å²) in [4.78, 5) is 4.42. The van der Waals surface area contributed by atoms with Gasteiger partial charge in [-0.1, -0.05) is 13.8 Å². The predicted molar refractivity (Wildman–Crippen MR) is 81.4 cm³/mol. The van der Waals surface area contributed by atoms with Gasteiger partial charge in [0.2, 0.25) is 5.88 Å². The molecule has 0 spiro atoms. The number of rotatable bonds is 6. The van der Waals surface area contributed by atoms with Crippen molar-refractivity contribution < 1.29 is 9.47 Å². The van der Waals surface area contributed by atoms with Gasteiger partial charge in [0.1, 0.15) is 5.52 Å². The number of aromatic nitrogens is 2. The Kier molecular flexibility index (Phi) is 4.65. The monoisotopic (exact) mass is 276 g/mol. The summed E-state index contributed by atoms with van der Waals surface area (Å²) in [5.41, 5.74) is 3.62. The van der Waals surface area contributed by atoms with E-state index in [9.17, 15) is 0 Å². The van der Waals surface area contributed by atoms with Crippen molar-refractivity contribution >= 4 is 10.9 Å². The zero-order valence-electron chi connectivity index (χ0n) is 13.1. The number of hydrogen-bond donors (Lipinski definition) is 0. The van der Waals surface area contributed by atoms with E-state index in [-0.39, 0.29) is 0 Å². The Morgan fingerprint density at radius 2 is 2.05 bits per heavy atom. The fourth-order valence-electron chi connectivity index (χ4n) is 2.38. The van der Waals surface area contributed by atoms with Crippen LogP contribution >= 0.6 is 0 Å². The summed E-state index contributed by atoms with van der Waals surface area (Å²) in [5, 5.41) is 1.22. The van der Waals surface area contributed by atoms with Crippen LogP contribution in [0.25, 0.3) is 10.9 Å². The van der Waals surface area contributed by atoms with Gasteiger partial charge in [-0.05, 0) is 31.4 Å². The highest BCUT2D eigenvalue weighted by Crippen LogP contribution is 2.30. The molecule has 2 rings (SSSR count). The minimum absolute atomic E-state index is 0.483. The van der Waals surface area contributed by atoms with E-state index in [4.69, 9.17) is 9.47 Å². The summed E-state index contributed by atoms with van der Waals surface area (Å²) in [6.45, 7) is 10.7. The number of aryl methyl sites for hydroxylation is 1. The van der Waals surface area contributed by atoms with Gasteiger partial charge in [0, 0.05) is 30.9 Å². The van der Waals surface area contributed by atoms with Crippen LogP contribution in [0.3, 0.4) is 0 Å². The summed E-state index contributed by atoms with van der Waals surface area (Å²) >= 11 is 0. The first-order chi connectivity index (χ1) is 9.56. The molecule has 2 aromatic rings. The van der Waals surface area contributed by atoms with Crippen LogP contribution in [-0.2, 0) is 11.3 Å². The maximum absolute atomic E-state index is 5.90. The Hall–Kier alpha value is -1.55. The molecule has 0 bridgehead atoms. The van der Waals surface area contributed by atoms with Gasteiger partial charge in [0.05, 0.1) is 13.2 Å². The van der Waals surface area contributed by atoms with Crippen LogP contribution in [0, 0.1) is 19.8 Å². The van der Waals surface area contributed by atoms with E-state index in [0.29, 0.717) is 19.1 Å². The molecular weight excluding hydrogens is 252 g/mol. The second-order valence-corrected chi connectivity index (χ2v) is 5.57. The molecule has 0 amide bonds. The lowest BCUT2D eigenvalue weighted by Gasteiger charge is -2.12. The van der Waals surface area contributed by atoms with Crippen molar-refractivity contribution in [3.05, 3.63) is 23.5 Å². The molecule has 0 aromatic carbocycles. The van der Waals surface area contributed by atoms with Crippen molar-refractivity contribution in [1.82, 2.24) is 9.55 Å². The second kappa shape index (κ2) is 6.27. The van der Waals surface area contributed by atoms with Gasteiger partial charge in [-0.3, -0.25) is 0 Å². The standard InChI is InChI=1S/C16H24N2O2/c1-11(2)10-20-16-15-14(6-7-17-16)12(3)13(4)18(15)8-9-19-5/h6-7,11H,8-10H2,1-5H3. The third-order valence-electron chi connectivity index (χ3n) is 3.58. The fraction of sp³-hybridized carbons (Fsp3) is 0.562. The third kappa shape index (κ3) is 2.80. The Bertz CT molecular complexity index is 588. The van der Waals surface area contributed by atoms with Crippen LogP contribution in [0.5, 0.6) is 5.88 Å². The highest BCUT2D eigenvalue weighted by atomic mass is 16.5. The zero-order valence-corrected chi connectivity index (χ0v) is 13.1. The average Bonchev–Trinajstić information content (AvgIpc) is 2.67. The summed E-state index contributed by atoms with van der Waals surface area (Å²) in [6, 6.07) is 2.06. The molecule has 0 atom stereocenters. The zero-order chi connectivity index (χ0) is 14.7. The number of hydrogen-bond acceptors (Lipinski definition) is 3. The van der Waals surface area contributed by atoms with E-state index in [0.717, 1.165) is 17.9 Å². The van der Waals surface area contributed by atoms with Crippen LogP contribution < -0.4 is 4.74 Å². The van der Waals surface area contributed by atoms with Crippen LogP contribution in [-0.4, -0.2) is 29.9 Å². The molecule has 20 heavy (non-hydrogen) atoms. The van der Waals surface area contributed by atoms with E-state index < -0.39 is 0 Å². The van der Waals surface area contributed by atoms with Gasteiger partial charge >= 0.3 is 0 Å². The first-order valence-electron chi connectivity index (χ1n) is 7.12. The van der Waals surface area contributed by atoms with Gasteiger partial charge in [0.15, 0.2) is 0 Å². The number of pyridine rings is 1. The van der Waals surface area contributed by atoms with Gasteiger partial charge in [-0.2, -0.15) is 0 Å². The molecule has 4 nitrogen and oxygen atoms in total. The molecule has 0 saturated heterocycles. The Morgan fingerprint density at radius 3 is 2.70 bits per heavy atom. The molecule has 2 heterocycles. The SMILES string of the molecule is COCCn1c(C)c(C)c2ccnc(OCC(C)C)c21. The van der Waals surface area contributed by atoms with Crippen molar-refractivity contribution in [2.75, 3.05) is 20.3 Å². The summed E-state index contributed by atoms with van der Waals surface area (Å²) < 4.78 is 13.4. The van der Waals surface area contributed by atoms with Crippen molar-refractivity contribution in [3.8, 4) is 5.88 Å². The molecule has 0 N–H and O–H groups in total. The molecule has 0 aliphatic heterocycles. The Balaban J connectivity index is 2.49. The minimum atomic E-state index is 0.483. The average molecular weight is 276 g/mol. The smallest absolute Gasteiger partial charge is 0.238 e. The van der Waals surface area contributed by atoms with Crippen molar-refractivity contribution in [2.45, 2.75) is 34.2 Å². The molecule has 0 aliphatic rings. The van der Waals surface area contributed by atoms with Crippen molar-refractivity contribution in [2.24, 2.45) is 5.92 Å². The lowest BCUT2D eigenvalue weighted by atomic mass is 10.2. The molecule has 4 heteroatoms.